The second kappa shape index (κ2) is 16.8. The molecule has 3 fully saturated rings. The Morgan fingerprint density at radius 1 is 0.941 bits per heavy atom. The van der Waals surface area contributed by atoms with Gasteiger partial charge in [-0.25, -0.2) is 14.3 Å². The van der Waals surface area contributed by atoms with Gasteiger partial charge in [-0.2, -0.15) is 5.10 Å². The van der Waals surface area contributed by atoms with Crippen molar-refractivity contribution in [1.29, 1.82) is 0 Å². The van der Waals surface area contributed by atoms with E-state index in [9.17, 15) is 38.7 Å². The summed E-state index contributed by atoms with van der Waals surface area (Å²) >= 11 is 0. The zero-order valence-electron chi connectivity index (χ0n) is 28.2. The summed E-state index contributed by atoms with van der Waals surface area (Å²) in [6.45, 7) is 1.13. The maximum absolute atomic E-state index is 13.6. The Hall–Kier alpha value is -5.68. The van der Waals surface area contributed by atoms with Gasteiger partial charge in [0, 0.05) is 51.4 Å². The number of rotatable bonds is 12. The van der Waals surface area contributed by atoms with Gasteiger partial charge in [-0.1, -0.05) is 18.2 Å². The molecule has 2 atom stereocenters. The van der Waals surface area contributed by atoms with E-state index in [0.717, 1.165) is 24.2 Å². The Morgan fingerprint density at radius 3 is 2.29 bits per heavy atom. The minimum atomic E-state index is -1.38. The molecule has 18 nitrogen and oxygen atoms in total. The van der Waals surface area contributed by atoms with Crippen molar-refractivity contribution < 1.29 is 48.1 Å². The van der Waals surface area contributed by atoms with Gasteiger partial charge in [0.1, 0.15) is 12.1 Å². The lowest BCUT2D eigenvalue weighted by Crippen LogP contribution is -2.58. The molecular formula is C33H42N8O10. The number of carbonyl (C=O) groups excluding carboxylic acids is 6. The molecule has 3 aliphatic rings. The zero-order valence-corrected chi connectivity index (χ0v) is 28.2. The summed E-state index contributed by atoms with van der Waals surface area (Å²) in [5, 5.41) is 21.5. The van der Waals surface area contributed by atoms with Crippen LogP contribution < -0.4 is 20.7 Å². The van der Waals surface area contributed by atoms with Gasteiger partial charge in [0.25, 0.3) is 11.8 Å². The molecular weight excluding hydrogens is 668 g/mol. The number of piperazine rings is 1. The number of aromatic nitrogens is 2. The second-order valence-corrected chi connectivity index (χ2v) is 12.3. The highest BCUT2D eigenvalue weighted by Crippen LogP contribution is 2.23. The predicted molar refractivity (Wildman–Crippen MR) is 177 cm³/mol. The summed E-state index contributed by atoms with van der Waals surface area (Å²) in [6, 6.07) is 8.15. The van der Waals surface area contributed by atoms with Gasteiger partial charge in [0.05, 0.1) is 12.3 Å². The van der Waals surface area contributed by atoms with E-state index in [1.165, 1.54) is 27.5 Å². The van der Waals surface area contributed by atoms with E-state index in [1.807, 2.05) is 0 Å². The molecule has 5 rings (SSSR count). The Bertz CT molecular complexity index is 1620. The van der Waals surface area contributed by atoms with Crippen LogP contribution in [0.2, 0.25) is 0 Å². The molecule has 2 saturated heterocycles. The maximum atomic E-state index is 13.6. The highest BCUT2D eigenvalue weighted by atomic mass is 16.5. The van der Waals surface area contributed by atoms with Gasteiger partial charge in [-0.05, 0) is 51.2 Å². The van der Waals surface area contributed by atoms with E-state index in [2.05, 4.69) is 21.0 Å². The molecule has 51 heavy (non-hydrogen) atoms. The summed E-state index contributed by atoms with van der Waals surface area (Å²) in [5.74, 6) is -4.28. The number of nitrogens with one attached hydrogen (secondary N) is 3. The molecule has 18 heteroatoms. The number of hydrogen-bond donors (Lipinski definition) is 4. The van der Waals surface area contributed by atoms with Crippen LogP contribution in [0.3, 0.4) is 0 Å². The van der Waals surface area contributed by atoms with Gasteiger partial charge in [0.2, 0.25) is 17.7 Å². The van der Waals surface area contributed by atoms with Crippen molar-refractivity contribution in [1.82, 2.24) is 40.4 Å². The van der Waals surface area contributed by atoms with Gasteiger partial charge >= 0.3 is 18.0 Å². The molecule has 2 aromatic rings. The average molecular weight is 711 g/mol. The SMILES string of the molecule is CCOC(=O)C(=O)NCC(NC(=O)c1cc(OCC(=O)N2CCCC2C(=O)NC2CCC2)n(-c2ccccc2)n1)C(=O)N1CCN(C(=O)O)CC1. The predicted octanol–water partition coefficient (Wildman–Crippen LogP) is -0.489. The molecule has 3 heterocycles. The van der Waals surface area contributed by atoms with Gasteiger partial charge < -0.3 is 45.2 Å². The Morgan fingerprint density at radius 2 is 1.65 bits per heavy atom. The van der Waals surface area contributed by atoms with Crippen molar-refractivity contribution in [2.75, 3.05) is 52.5 Å². The first-order chi connectivity index (χ1) is 24.5. The van der Waals surface area contributed by atoms with Crippen molar-refractivity contribution in [3.05, 3.63) is 42.1 Å². The van der Waals surface area contributed by atoms with E-state index >= 15 is 0 Å². The van der Waals surface area contributed by atoms with Crippen LogP contribution in [0, 0.1) is 0 Å². The van der Waals surface area contributed by atoms with Crippen molar-refractivity contribution in [3.63, 3.8) is 0 Å². The van der Waals surface area contributed by atoms with E-state index in [0.29, 0.717) is 25.1 Å². The third-order valence-corrected chi connectivity index (χ3v) is 8.97. The topological polar surface area (TPSA) is 222 Å². The first kappa shape index (κ1) is 36.6. The van der Waals surface area contributed by atoms with Gasteiger partial charge in [-0.3, -0.25) is 24.0 Å². The van der Waals surface area contributed by atoms with Crippen molar-refractivity contribution in [2.45, 2.75) is 57.2 Å². The zero-order chi connectivity index (χ0) is 36.5. The van der Waals surface area contributed by atoms with Crippen LogP contribution in [-0.2, 0) is 28.7 Å². The lowest BCUT2D eigenvalue weighted by atomic mass is 9.93. The van der Waals surface area contributed by atoms with Crippen molar-refractivity contribution in [3.8, 4) is 11.6 Å². The standard InChI is InChI=1S/C33H42N8O10/c1-2-50-32(47)30(45)34-19-24(31(46)38-14-16-39(17-15-38)33(48)49)36-28(43)23-18-27(41(37-23)22-10-4-3-5-11-22)51-20-26(42)40-13-7-12-25(40)29(44)35-21-8-6-9-21/h3-5,10-11,18,21,24-25H,2,6-9,12-17,19-20H2,1H3,(H,34,45)(H,35,44)(H,36,43)(H,48,49). The smallest absolute Gasteiger partial charge is 0.407 e. The molecule has 0 radical (unpaired) electrons. The monoisotopic (exact) mass is 710 g/mol. The van der Waals surface area contributed by atoms with Crippen LogP contribution in [0.1, 0.15) is 49.5 Å². The average Bonchev–Trinajstić information content (AvgIpc) is 3.79. The molecule has 6 amide bonds. The first-order valence-corrected chi connectivity index (χ1v) is 17.0. The summed E-state index contributed by atoms with van der Waals surface area (Å²) in [4.78, 5) is 92.9. The van der Waals surface area contributed by atoms with Crippen LogP contribution in [0.15, 0.2) is 36.4 Å². The Labute approximate surface area is 293 Å². The second-order valence-electron chi connectivity index (χ2n) is 12.3. The molecule has 1 saturated carbocycles. The molecule has 274 valence electrons. The fourth-order valence-electron chi connectivity index (χ4n) is 5.97. The highest BCUT2D eigenvalue weighted by molar-refractivity contribution is 6.32. The van der Waals surface area contributed by atoms with Crippen LogP contribution in [0.25, 0.3) is 5.69 Å². The molecule has 4 N–H and O–H groups in total. The number of nitrogens with zero attached hydrogens (tertiary/aromatic N) is 5. The third-order valence-electron chi connectivity index (χ3n) is 8.97. The van der Waals surface area contributed by atoms with E-state index in [-0.39, 0.29) is 56.3 Å². The maximum Gasteiger partial charge on any atom is 0.407 e. The molecule has 1 aromatic heterocycles. The summed E-state index contributed by atoms with van der Waals surface area (Å²) < 4.78 is 11.9. The van der Waals surface area contributed by atoms with Crippen LogP contribution in [0.4, 0.5) is 4.79 Å². The molecule has 2 unspecified atom stereocenters. The van der Waals surface area contributed by atoms with E-state index in [4.69, 9.17) is 9.47 Å². The Balaban J connectivity index is 1.30. The fourth-order valence-corrected chi connectivity index (χ4v) is 5.97. The van der Waals surface area contributed by atoms with Crippen LogP contribution in [0.5, 0.6) is 5.88 Å². The number of carboxylic acid groups (broad SMARTS) is 1. The summed E-state index contributed by atoms with van der Waals surface area (Å²) in [5.41, 5.74) is 0.314. The van der Waals surface area contributed by atoms with Gasteiger partial charge in [0.15, 0.2) is 12.3 Å². The number of likely N-dealkylation sites (tertiary alicyclic amines) is 1. The minimum absolute atomic E-state index is 0.0395. The van der Waals surface area contributed by atoms with Crippen LogP contribution >= 0.6 is 0 Å². The molecule has 1 aromatic carbocycles. The minimum Gasteiger partial charge on any atom is -0.467 e. The number of esters is 1. The van der Waals surface area contributed by atoms with E-state index < -0.39 is 60.9 Å². The fraction of sp³-hybridized carbons (Fsp3) is 0.515. The number of para-hydroxylation sites is 1. The number of ether oxygens (including phenoxy) is 2. The molecule has 0 bridgehead atoms. The largest absolute Gasteiger partial charge is 0.467 e. The first-order valence-electron chi connectivity index (χ1n) is 17.0. The number of carbonyl (C=O) groups is 7. The third kappa shape index (κ3) is 9.11. The molecule has 0 spiro atoms. The molecule has 2 aliphatic heterocycles. The number of hydrogen-bond acceptors (Lipinski definition) is 10. The summed E-state index contributed by atoms with van der Waals surface area (Å²) in [6.07, 6.45) is 3.01. The van der Waals surface area contributed by atoms with E-state index in [1.54, 1.807) is 30.3 Å². The highest BCUT2D eigenvalue weighted by Gasteiger charge is 2.36. The Kier molecular flexibility index (Phi) is 12.1. The lowest BCUT2D eigenvalue weighted by Gasteiger charge is -2.35. The van der Waals surface area contributed by atoms with Gasteiger partial charge in [-0.15, -0.1) is 0 Å². The number of amides is 6. The lowest BCUT2D eigenvalue weighted by molar-refractivity contribution is -0.154. The number of benzene rings is 1. The normalized spacial score (nSPS) is 17.9. The quantitative estimate of drug-likeness (QED) is 0.163. The van der Waals surface area contributed by atoms with Crippen LogP contribution in [-0.4, -0.2) is 142 Å². The van der Waals surface area contributed by atoms with Crippen molar-refractivity contribution >= 4 is 41.6 Å². The van der Waals surface area contributed by atoms with Crippen molar-refractivity contribution in [2.24, 2.45) is 0 Å². The molecule has 1 aliphatic carbocycles. The summed E-state index contributed by atoms with van der Waals surface area (Å²) in [7, 11) is 0.